The second-order valence-electron chi connectivity index (χ2n) is 18.4. The highest BCUT2D eigenvalue weighted by molar-refractivity contribution is 5.85. The lowest BCUT2D eigenvalue weighted by molar-refractivity contribution is 0.0216. The van der Waals surface area contributed by atoms with Gasteiger partial charge in [0, 0.05) is 59.9 Å². The van der Waals surface area contributed by atoms with Gasteiger partial charge in [-0.3, -0.25) is 23.7 Å². The first-order valence-electron chi connectivity index (χ1n) is 25.3. The number of aliphatic hydroxyl groups excluding tert-OH is 3. The number of imidazole rings is 1. The average molecular weight is 1110 g/mol. The van der Waals surface area contributed by atoms with Crippen LogP contribution >= 0.6 is 24.8 Å². The molecule has 0 spiro atoms. The third-order valence-corrected chi connectivity index (χ3v) is 12.6. The molecule has 0 fully saturated rings. The van der Waals surface area contributed by atoms with Crippen molar-refractivity contribution in [3.05, 3.63) is 208 Å². The molecule has 19 heteroatoms. The maximum Gasteiger partial charge on any atom is 0.332 e. The van der Waals surface area contributed by atoms with Crippen molar-refractivity contribution in [2.24, 2.45) is 14.1 Å². The normalized spacial score (nSPS) is 12.3. The van der Waals surface area contributed by atoms with Gasteiger partial charge in [0.2, 0.25) is 0 Å². The molecule has 3 unspecified atom stereocenters. The highest BCUT2D eigenvalue weighted by Crippen LogP contribution is 2.30. The fraction of sp³-hybridized carbons (Fsp3) is 0.305. The highest BCUT2D eigenvalue weighted by atomic mass is 35.5. The number of aryl methyl sites for hydroxylation is 1. The molecule has 414 valence electrons. The number of hydrogen-bond acceptors (Lipinski definition) is 14. The summed E-state index contributed by atoms with van der Waals surface area (Å²) in [4.78, 5) is 34.5. The Morgan fingerprint density at radius 1 is 0.449 bits per heavy atom. The average Bonchev–Trinajstić information content (AvgIpc) is 3.93. The minimum Gasteiger partial charge on any atom is -0.487 e. The fourth-order valence-electron chi connectivity index (χ4n) is 8.53. The Kier molecular flexibility index (Phi) is 23.5. The van der Waals surface area contributed by atoms with Crippen LogP contribution in [0.25, 0.3) is 11.2 Å². The van der Waals surface area contributed by atoms with Crippen LogP contribution in [0.15, 0.2) is 180 Å². The van der Waals surface area contributed by atoms with Crippen molar-refractivity contribution in [1.29, 1.82) is 0 Å². The van der Waals surface area contributed by atoms with E-state index < -0.39 is 29.6 Å². The second-order valence-corrected chi connectivity index (χ2v) is 18.4. The molecule has 3 N–H and O–H groups in total. The molecule has 0 bridgehead atoms. The molecule has 0 saturated carbocycles. The van der Waals surface area contributed by atoms with Crippen LogP contribution in [0.4, 0.5) is 0 Å². The van der Waals surface area contributed by atoms with Crippen LogP contribution < -0.4 is 39.7 Å². The Bertz CT molecular complexity index is 3070. The molecular formula is C59H68Cl2N6O11. The van der Waals surface area contributed by atoms with Crippen LogP contribution in [0.1, 0.15) is 16.7 Å². The molecule has 6 aromatic carbocycles. The molecule has 0 radical (unpaired) electrons. The van der Waals surface area contributed by atoms with Gasteiger partial charge in [0.05, 0.1) is 6.33 Å². The summed E-state index contributed by atoms with van der Waals surface area (Å²) < 4.78 is 41.0. The minimum absolute atomic E-state index is 0. The van der Waals surface area contributed by atoms with Crippen molar-refractivity contribution in [2.75, 3.05) is 59.1 Å². The van der Waals surface area contributed by atoms with E-state index in [1.807, 2.05) is 155 Å². The summed E-state index contributed by atoms with van der Waals surface area (Å²) in [6, 6.07) is 51.3. The third-order valence-electron chi connectivity index (χ3n) is 12.6. The molecule has 3 atom stereocenters. The lowest BCUT2D eigenvalue weighted by Crippen LogP contribution is -2.46. The van der Waals surface area contributed by atoms with E-state index in [1.54, 1.807) is 29.8 Å². The van der Waals surface area contributed by atoms with E-state index in [2.05, 4.69) is 4.98 Å². The van der Waals surface area contributed by atoms with E-state index in [-0.39, 0.29) is 82.0 Å². The van der Waals surface area contributed by atoms with Crippen molar-refractivity contribution in [1.82, 2.24) is 28.5 Å². The van der Waals surface area contributed by atoms with Gasteiger partial charge in [-0.05, 0) is 53.1 Å². The van der Waals surface area contributed by atoms with Crippen LogP contribution in [0.3, 0.4) is 0 Å². The fourth-order valence-corrected chi connectivity index (χ4v) is 8.53. The van der Waals surface area contributed by atoms with Gasteiger partial charge in [-0.1, -0.05) is 127 Å². The first-order chi connectivity index (χ1) is 37.1. The van der Waals surface area contributed by atoms with Gasteiger partial charge < -0.3 is 48.3 Å². The standard InChI is InChI=1S/C59H66N6O11.2ClH/c1-61-57-56(58(69)62(2)59(61)70)65(43-60-57)33-32-63(34-47(66)40-74-53-27-15-12-24-50(53)71-37-44-18-6-3-7-19-44)30-31-64(35-48(67)41-75-54-28-16-13-25-51(54)72-38-45-20-8-4-9-21-45)36-49(68)42-76-55-29-17-14-26-52(55)73-39-46-22-10-5-11-23-46;;/h3-29,43,47-49,66-68H,30-42H2,1-2H3;2*1H. The van der Waals surface area contributed by atoms with E-state index in [0.717, 1.165) is 21.3 Å². The third kappa shape index (κ3) is 17.3. The van der Waals surface area contributed by atoms with Gasteiger partial charge >= 0.3 is 5.69 Å². The van der Waals surface area contributed by atoms with Gasteiger partial charge in [0.15, 0.2) is 45.7 Å². The molecule has 0 aliphatic carbocycles. The Morgan fingerprint density at radius 2 is 0.782 bits per heavy atom. The van der Waals surface area contributed by atoms with E-state index >= 15 is 0 Å². The summed E-state index contributed by atoms with van der Waals surface area (Å²) in [5.41, 5.74) is 2.56. The van der Waals surface area contributed by atoms with E-state index in [9.17, 15) is 24.9 Å². The lowest BCUT2D eigenvalue weighted by Gasteiger charge is -2.31. The zero-order chi connectivity index (χ0) is 53.1. The summed E-state index contributed by atoms with van der Waals surface area (Å²) in [5.74, 6) is 3.02. The number of aromatic nitrogens is 4. The van der Waals surface area contributed by atoms with Crippen LogP contribution in [0.2, 0.25) is 0 Å². The molecule has 2 heterocycles. The van der Waals surface area contributed by atoms with Gasteiger partial charge in [0.25, 0.3) is 5.56 Å². The lowest BCUT2D eigenvalue weighted by atomic mass is 10.2. The number of rotatable bonds is 30. The molecular weight excluding hydrogens is 1040 g/mol. The number of hydrogen-bond donors (Lipinski definition) is 3. The number of benzene rings is 6. The Hall–Kier alpha value is -7.35. The largest absolute Gasteiger partial charge is 0.487 e. The van der Waals surface area contributed by atoms with Crippen molar-refractivity contribution in [3.63, 3.8) is 0 Å². The van der Waals surface area contributed by atoms with Crippen molar-refractivity contribution >= 4 is 36.0 Å². The maximum absolute atomic E-state index is 13.4. The number of fused-ring (bicyclic) bond motifs is 1. The predicted molar refractivity (Wildman–Crippen MR) is 304 cm³/mol. The highest BCUT2D eigenvalue weighted by Gasteiger charge is 2.22. The Morgan fingerprint density at radius 3 is 1.17 bits per heavy atom. The van der Waals surface area contributed by atoms with E-state index in [0.29, 0.717) is 74.0 Å². The summed E-state index contributed by atoms with van der Waals surface area (Å²) >= 11 is 0. The van der Waals surface area contributed by atoms with Crippen molar-refractivity contribution in [2.45, 2.75) is 44.7 Å². The Labute approximate surface area is 466 Å². The van der Waals surface area contributed by atoms with Crippen LogP contribution in [0.5, 0.6) is 34.5 Å². The van der Waals surface area contributed by atoms with Crippen molar-refractivity contribution in [3.8, 4) is 34.5 Å². The topological polar surface area (TPSA) is 184 Å². The zero-order valence-electron chi connectivity index (χ0n) is 43.7. The molecule has 17 nitrogen and oxygen atoms in total. The molecule has 78 heavy (non-hydrogen) atoms. The molecule has 0 aliphatic heterocycles. The molecule has 0 saturated heterocycles. The Balaban J connectivity index is 0.00000492. The number of ether oxygens (including phenoxy) is 6. The smallest absolute Gasteiger partial charge is 0.332 e. The van der Waals surface area contributed by atoms with Crippen LogP contribution in [0, 0.1) is 0 Å². The van der Waals surface area contributed by atoms with Crippen LogP contribution in [-0.2, 0) is 40.5 Å². The summed E-state index contributed by atoms with van der Waals surface area (Å²) in [7, 11) is 3.00. The second kappa shape index (κ2) is 30.6. The quantitative estimate of drug-likeness (QED) is 0.0421. The minimum atomic E-state index is -1.01. The number of nitrogens with zero attached hydrogens (tertiary/aromatic N) is 6. The summed E-state index contributed by atoms with van der Waals surface area (Å²) in [6.45, 7) is 2.36. The van der Waals surface area contributed by atoms with Gasteiger partial charge in [-0.2, -0.15) is 0 Å². The van der Waals surface area contributed by atoms with Crippen LogP contribution in [-0.4, -0.2) is 121 Å². The zero-order valence-corrected chi connectivity index (χ0v) is 45.3. The van der Waals surface area contributed by atoms with Gasteiger partial charge in [-0.25, -0.2) is 9.78 Å². The van der Waals surface area contributed by atoms with Gasteiger partial charge in [-0.15, -0.1) is 24.8 Å². The molecule has 0 amide bonds. The molecule has 0 aliphatic rings. The number of para-hydroxylation sites is 6. The monoisotopic (exact) mass is 1110 g/mol. The van der Waals surface area contributed by atoms with E-state index in [1.165, 1.54) is 17.9 Å². The first-order valence-corrected chi connectivity index (χ1v) is 25.3. The van der Waals surface area contributed by atoms with Crippen molar-refractivity contribution < 1.29 is 43.7 Å². The summed E-state index contributed by atoms with van der Waals surface area (Å²) in [5, 5.41) is 34.9. The SMILES string of the molecule is Cl.Cl.Cn1c(=O)c2c(ncn2CCN(CCN(CC(O)COc2ccccc2OCc2ccccc2)CC(O)COc2ccccc2OCc2ccccc2)CC(O)COc2ccccc2OCc2ccccc2)n(C)c1=O. The first kappa shape index (κ1) is 59.9. The molecule has 8 aromatic rings. The number of halogens is 2. The predicted octanol–water partition coefficient (Wildman–Crippen LogP) is 6.94. The molecule has 8 rings (SSSR count). The maximum atomic E-state index is 13.4. The number of aliphatic hydroxyl groups is 3. The van der Waals surface area contributed by atoms with Gasteiger partial charge in [0.1, 0.15) is 58.0 Å². The summed E-state index contributed by atoms with van der Waals surface area (Å²) in [6.07, 6.45) is -1.49. The van der Waals surface area contributed by atoms with E-state index in [4.69, 9.17) is 28.4 Å². The molecule has 2 aromatic heterocycles.